The van der Waals surface area contributed by atoms with E-state index in [0.717, 1.165) is 112 Å². The Labute approximate surface area is 437 Å². The molecule has 0 amide bonds. The van der Waals surface area contributed by atoms with Crippen molar-refractivity contribution in [1.29, 1.82) is 0 Å². The number of phenols is 4. The van der Waals surface area contributed by atoms with Crippen LogP contribution in [0.1, 0.15) is 22.8 Å². The summed E-state index contributed by atoms with van der Waals surface area (Å²) < 4.78 is 0. The molecule has 0 spiro atoms. The van der Waals surface area contributed by atoms with Crippen molar-refractivity contribution in [3.05, 3.63) is 241 Å². The number of aromatic amines is 2. The van der Waals surface area contributed by atoms with Gasteiger partial charge in [-0.2, -0.15) is 0 Å². The molecule has 0 saturated heterocycles. The average Bonchev–Trinajstić information content (AvgIpc) is 4.32. The summed E-state index contributed by atoms with van der Waals surface area (Å²) in [5.41, 5.74) is 19.2. The summed E-state index contributed by atoms with van der Waals surface area (Å²) in [5.74, 6) is 0.739. The zero-order valence-corrected chi connectivity index (χ0v) is 40.8. The number of nitrogens with one attached hydrogen (secondary N) is 2. The summed E-state index contributed by atoms with van der Waals surface area (Å²) in [7, 11) is 0. The normalized spacial score (nSPS) is 11.8. The summed E-state index contributed by atoms with van der Waals surface area (Å²) in [6.07, 6.45) is 8.22. The zero-order chi connectivity index (χ0) is 51.3. The molecule has 5 heterocycles. The molecule has 0 radical (unpaired) electrons. The molecule has 76 heavy (non-hydrogen) atoms. The third-order valence-corrected chi connectivity index (χ3v) is 14.2. The van der Waals surface area contributed by atoms with Crippen molar-refractivity contribution in [2.75, 3.05) is 0 Å². The van der Waals surface area contributed by atoms with Crippen molar-refractivity contribution in [2.24, 2.45) is 0 Å². The fraction of sp³-hybridized carbons (Fsp3) is 0. The number of rotatable bonds is 8. The van der Waals surface area contributed by atoms with Crippen LogP contribution in [0.4, 0.5) is 0 Å². The van der Waals surface area contributed by atoms with Gasteiger partial charge in [-0.1, -0.05) is 146 Å². The zero-order valence-electron chi connectivity index (χ0n) is 40.8. The van der Waals surface area contributed by atoms with Gasteiger partial charge >= 0.3 is 0 Å². The highest BCUT2D eigenvalue weighted by atomic mass is 16.3. The van der Waals surface area contributed by atoms with Crippen molar-refractivity contribution in [3.63, 3.8) is 0 Å². The lowest BCUT2D eigenvalue weighted by Gasteiger charge is -2.11. The van der Waals surface area contributed by atoms with Crippen molar-refractivity contribution < 1.29 is 20.4 Å². The lowest BCUT2D eigenvalue weighted by atomic mass is 9.97. The van der Waals surface area contributed by atoms with Gasteiger partial charge in [-0.15, -0.1) is 0 Å². The van der Waals surface area contributed by atoms with Gasteiger partial charge in [0.05, 0.1) is 22.8 Å². The number of phenolic OH excluding ortho intramolecular Hbond substituents is 4. The molecule has 6 N–H and O–H groups in total. The van der Waals surface area contributed by atoms with Crippen LogP contribution in [0.15, 0.2) is 218 Å². The van der Waals surface area contributed by atoms with Crippen molar-refractivity contribution >= 4 is 46.4 Å². The predicted octanol–water partition coefficient (Wildman–Crippen LogP) is 16.8. The van der Waals surface area contributed by atoms with E-state index in [0.29, 0.717) is 22.3 Å². The number of H-pyrrole nitrogens is 2. The number of hydrogen-bond acceptors (Lipinski definition) is 6. The molecule has 362 valence electrons. The van der Waals surface area contributed by atoms with Gasteiger partial charge in [0.15, 0.2) is 0 Å². The Balaban J connectivity index is 1.15. The van der Waals surface area contributed by atoms with E-state index in [9.17, 15) is 20.4 Å². The fourth-order valence-corrected chi connectivity index (χ4v) is 10.7. The fourth-order valence-electron chi connectivity index (χ4n) is 10.7. The molecule has 8 heteroatoms. The first-order chi connectivity index (χ1) is 37.3. The van der Waals surface area contributed by atoms with Crippen molar-refractivity contribution in [3.8, 4) is 112 Å². The van der Waals surface area contributed by atoms with E-state index >= 15 is 0 Å². The Kier molecular flexibility index (Phi) is 11.3. The smallest absolute Gasteiger partial charge is 0.123 e. The van der Waals surface area contributed by atoms with Gasteiger partial charge in [0.1, 0.15) is 23.0 Å². The lowest BCUT2D eigenvalue weighted by molar-refractivity contribution is 0.477. The van der Waals surface area contributed by atoms with Crippen LogP contribution in [0, 0.1) is 0 Å². The molecule has 8 bridgehead atoms. The lowest BCUT2D eigenvalue weighted by Crippen LogP contribution is -1.91. The second-order valence-electron chi connectivity index (χ2n) is 18.9. The molecule has 0 unspecified atom stereocenters. The van der Waals surface area contributed by atoms with Crippen LogP contribution in [0.2, 0.25) is 0 Å². The van der Waals surface area contributed by atoms with E-state index in [1.54, 1.807) is 24.3 Å². The van der Waals surface area contributed by atoms with E-state index in [2.05, 4.69) is 107 Å². The number of benzene rings is 8. The predicted molar refractivity (Wildman–Crippen MR) is 309 cm³/mol. The Morgan fingerprint density at radius 1 is 0.237 bits per heavy atom. The first kappa shape index (κ1) is 45.4. The van der Waals surface area contributed by atoms with Crippen molar-refractivity contribution in [1.82, 2.24) is 19.9 Å². The van der Waals surface area contributed by atoms with Gasteiger partial charge in [0, 0.05) is 66.6 Å². The minimum Gasteiger partial charge on any atom is -0.507 e. The summed E-state index contributed by atoms with van der Waals surface area (Å²) >= 11 is 0. The topological polar surface area (TPSA) is 138 Å². The standard InChI is InChI=1S/C68H46N4O4/c73-61-25-5-1-21-49(61)41-13-9-17-45(37-41)65-53-29-31-55(69-53)66(46-18-10-14-42(38-46)50-22-2-6-26-62(50)74)57-33-35-59(71-57)68(48-20-12-16-44(40-48)52-24-4-8-28-64(52)76)60-36-34-58(72-60)67(56-32-30-54(65)70-56)47-19-11-15-43(39-47)51-23-3-7-27-63(51)75/h1-40,69,72-76H. The van der Waals surface area contributed by atoms with E-state index in [1.807, 2.05) is 121 Å². The van der Waals surface area contributed by atoms with Gasteiger partial charge in [0.2, 0.25) is 0 Å². The minimum absolute atomic E-state index is 0.185. The second kappa shape index (κ2) is 18.9. The maximum Gasteiger partial charge on any atom is 0.123 e. The quantitative estimate of drug-likeness (QED) is 0.0897. The van der Waals surface area contributed by atoms with Crippen molar-refractivity contribution in [2.45, 2.75) is 0 Å². The van der Waals surface area contributed by atoms with Crippen LogP contribution in [0.25, 0.3) is 135 Å². The molecular weight excluding hydrogens is 937 g/mol. The molecular formula is C68H46N4O4. The van der Waals surface area contributed by atoms with Gasteiger partial charge in [0.25, 0.3) is 0 Å². The van der Waals surface area contributed by atoms with Crippen LogP contribution >= 0.6 is 0 Å². The highest BCUT2D eigenvalue weighted by molar-refractivity contribution is 6.01. The van der Waals surface area contributed by atoms with E-state index in [4.69, 9.17) is 9.97 Å². The summed E-state index contributed by atoms with van der Waals surface area (Å²) in [6.45, 7) is 0. The first-order valence-corrected chi connectivity index (χ1v) is 25.0. The Hall–Kier alpha value is -10.4. The average molecular weight is 983 g/mol. The monoisotopic (exact) mass is 982 g/mol. The van der Waals surface area contributed by atoms with Gasteiger partial charge in [-0.25, -0.2) is 9.97 Å². The number of aromatic hydroxyl groups is 4. The molecule has 13 rings (SSSR count). The molecule has 11 aromatic rings. The number of nitrogens with zero attached hydrogens (tertiary/aromatic N) is 2. The maximum atomic E-state index is 11.1. The van der Waals surface area contributed by atoms with Gasteiger partial charge < -0.3 is 30.4 Å². The Bertz CT molecular complexity index is 3820. The highest BCUT2D eigenvalue weighted by Crippen LogP contribution is 2.43. The maximum absolute atomic E-state index is 11.1. The van der Waals surface area contributed by atoms with Gasteiger partial charge in [-0.3, -0.25) is 0 Å². The van der Waals surface area contributed by atoms with E-state index in [1.165, 1.54) is 0 Å². The molecule has 2 aliphatic heterocycles. The van der Waals surface area contributed by atoms with Crippen LogP contribution in [-0.2, 0) is 0 Å². The van der Waals surface area contributed by atoms with Crippen LogP contribution in [-0.4, -0.2) is 40.4 Å². The molecule has 0 aliphatic carbocycles. The number of para-hydroxylation sites is 4. The Morgan fingerprint density at radius 3 is 0.697 bits per heavy atom. The highest BCUT2D eigenvalue weighted by Gasteiger charge is 2.21. The third-order valence-electron chi connectivity index (χ3n) is 14.2. The van der Waals surface area contributed by atoms with E-state index < -0.39 is 0 Å². The second-order valence-corrected chi connectivity index (χ2v) is 18.9. The molecule has 8 nitrogen and oxygen atoms in total. The number of hydrogen-bond donors (Lipinski definition) is 6. The number of fused-ring (bicyclic) bond motifs is 8. The molecule has 0 atom stereocenters. The summed E-state index contributed by atoms with van der Waals surface area (Å²) in [4.78, 5) is 18.8. The molecule has 0 saturated carbocycles. The van der Waals surface area contributed by atoms with Crippen LogP contribution < -0.4 is 0 Å². The first-order valence-electron chi connectivity index (χ1n) is 25.0. The summed E-state index contributed by atoms with van der Waals surface area (Å²) in [5, 5.41) is 44.3. The molecule has 0 fully saturated rings. The third kappa shape index (κ3) is 8.26. The van der Waals surface area contributed by atoms with Gasteiger partial charge in [-0.05, 0) is 142 Å². The van der Waals surface area contributed by atoms with E-state index in [-0.39, 0.29) is 23.0 Å². The minimum atomic E-state index is 0.185. The summed E-state index contributed by atoms with van der Waals surface area (Å²) in [6, 6.07) is 70.4. The van der Waals surface area contributed by atoms with Crippen LogP contribution in [0.3, 0.4) is 0 Å². The molecule has 8 aromatic carbocycles. The largest absolute Gasteiger partial charge is 0.507 e. The number of aromatic nitrogens is 4. The van der Waals surface area contributed by atoms with Crippen LogP contribution in [0.5, 0.6) is 23.0 Å². The molecule has 2 aliphatic rings. The SMILES string of the molecule is Oc1ccccc1-c1cccc(-c2c3nc(c(-c4cccc(-c5ccccc5O)c4)c4ccc([nH]4)c(-c4cccc(-c5ccccc5O)c4)c4nc(c(-c5cccc(-c6ccccc6O)c5)c5ccc2[nH]5)C=C4)C=C3)c1. The molecule has 3 aromatic heterocycles. The Morgan fingerprint density at radius 2 is 0.461 bits per heavy atom.